The second kappa shape index (κ2) is 8.53. The molecule has 9 heteroatoms. The Balaban J connectivity index is 1.48. The minimum Gasteiger partial charge on any atom is -0.456 e. The first kappa shape index (κ1) is 20.0. The van der Waals surface area contributed by atoms with Gasteiger partial charge in [-0.3, -0.25) is 9.59 Å². The predicted molar refractivity (Wildman–Crippen MR) is 104 cm³/mol. The lowest BCUT2D eigenvalue weighted by atomic mass is 9.87. The van der Waals surface area contributed by atoms with Crippen molar-refractivity contribution in [2.45, 2.75) is 65.3 Å². The second-order valence-corrected chi connectivity index (χ2v) is 7.63. The van der Waals surface area contributed by atoms with Crippen molar-refractivity contribution in [3.8, 4) is 0 Å². The number of esters is 1. The number of hydrogen-bond donors (Lipinski definition) is 2. The van der Waals surface area contributed by atoms with Gasteiger partial charge in [0.05, 0.1) is 0 Å². The van der Waals surface area contributed by atoms with Gasteiger partial charge in [-0.05, 0) is 57.4 Å². The Kier molecular flexibility index (Phi) is 6.11. The summed E-state index contributed by atoms with van der Waals surface area (Å²) in [5, 5.41) is 7.07. The maximum absolute atomic E-state index is 12.1. The van der Waals surface area contributed by atoms with Crippen LogP contribution in [0, 0.1) is 19.8 Å². The molecule has 0 aliphatic heterocycles. The van der Waals surface area contributed by atoms with Crippen molar-refractivity contribution in [2.75, 3.05) is 12.3 Å². The standard InChI is InChI=1S/C19H28N6O3/c1-11-4-6-14(7-5-11)22-16(26)10-28-17(27)9-8-15-12(2)21-19-23-18(20)24-25(19)13(15)3/h11,14H,4-10H2,1-3H3,(H2,20,24)(H,22,26). The van der Waals surface area contributed by atoms with Crippen LogP contribution in [0.1, 0.15) is 56.0 Å². The number of anilines is 1. The van der Waals surface area contributed by atoms with Gasteiger partial charge in [0.1, 0.15) is 0 Å². The first-order valence-corrected chi connectivity index (χ1v) is 9.76. The molecule has 3 rings (SSSR count). The highest BCUT2D eigenvalue weighted by Crippen LogP contribution is 2.23. The number of nitrogens with zero attached hydrogens (tertiary/aromatic N) is 4. The number of amides is 1. The minimum absolute atomic E-state index is 0.157. The van der Waals surface area contributed by atoms with Crippen LogP contribution in [-0.4, -0.2) is 44.1 Å². The zero-order valence-electron chi connectivity index (χ0n) is 16.7. The molecule has 2 aromatic heterocycles. The summed E-state index contributed by atoms with van der Waals surface area (Å²) in [5.74, 6) is 0.670. The van der Waals surface area contributed by atoms with Crippen LogP contribution in [0.15, 0.2) is 0 Å². The molecule has 0 radical (unpaired) electrons. The Morgan fingerprint density at radius 1 is 1.21 bits per heavy atom. The normalized spacial score (nSPS) is 19.5. The fourth-order valence-electron chi connectivity index (χ4n) is 3.70. The lowest BCUT2D eigenvalue weighted by Crippen LogP contribution is -2.39. The number of nitrogens with two attached hydrogens (primary N) is 1. The van der Waals surface area contributed by atoms with Crippen molar-refractivity contribution < 1.29 is 14.3 Å². The van der Waals surface area contributed by atoms with Gasteiger partial charge >= 0.3 is 5.97 Å². The summed E-state index contributed by atoms with van der Waals surface area (Å²) in [4.78, 5) is 32.5. The fraction of sp³-hybridized carbons (Fsp3) is 0.632. The summed E-state index contributed by atoms with van der Waals surface area (Å²) in [5.41, 5.74) is 8.14. The molecule has 0 spiro atoms. The number of nitrogen functional groups attached to an aromatic ring is 1. The molecule has 0 saturated heterocycles. The highest BCUT2D eigenvalue weighted by Gasteiger charge is 2.20. The van der Waals surface area contributed by atoms with Crippen LogP contribution in [-0.2, 0) is 20.7 Å². The van der Waals surface area contributed by atoms with Crippen molar-refractivity contribution in [3.63, 3.8) is 0 Å². The molecule has 1 aliphatic carbocycles. The number of hydrogen-bond acceptors (Lipinski definition) is 7. The number of carbonyl (C=O) groups excluding carboxylic acids is 2. The first-order valence-electron chi connectivity index (χ1n) is 9.76. The third-order valence-corrected chi connectivity index (χ3v) is 5.39. The van der Waals surface area contributed by atoms with Gasteiger partial charge in [0.15, 0.2) is 6.61 Å². The van der Waals surface area contributed by atoms with Crippen molar-refractivity contribution in [2.24, 2.45) is 5.92 Å². The second-order valence-electron chi connectivity index (χ2n) is 7.63. The van der Waals surface area contributed by atoms with E-state index in [0.29, 0.717) is 12.2 Å². The van der Waals surface area contributed by atoms with Gasteiger partial charge in [0.25, 0.3) is 11.7 Å². The number of aromatic nitrogens is 4. The van der Waals surface area contributed by atoms with Gasteiger partial charge in [-0.2, -0.15) is 9.50 Å². The molecule has 28 heavy (non-hydrogen) atoms. The lowest BCUT2D eigenvalue weighted by Gasteiger charge is -2.26. The van der Waals surface area contributed by atoms with E-state index in [9.17, 15) is 9.59 Å². The Bertz CT molecular complexity index is 870. The Morgan fingerprint density at radius 3 is 2.64 bits per heavy atom. The number of ether oxygens (including phenoxy) is 1. The summed E-state index contributed by atoms with van der Waals surface area (Å²) < 4.78 is 6.70. The predicted octanol–water partition coefficient (Wildman–Crippen LogP) is 1.49. The molecule has 0 unspecified atom stereocenters. The van der Waals surface area contributed by atoms with Gasteiger partial charge in [-0.15, -0.1) is 5.10 Å². The van der Waals surface area contributed by atoms with E-state index in [0.717, 1.165) is 48.6 Å². The molecule has 1 aliphatic rings. The molecular weight excluding hydrogens is 360 g/mol. The molecule has 1 fully saturated rings. The first-order chi connectivity index (χ1) is 13.3. The van der Waals surface area contributed by atoms with Crippen LogP contribution < -0.4 is 11.1 Å². The third-order valence-electron chi connectivity index (χ3n) is 5.39. The Hall–Kier alpha value is -2.71. The molecule has 1 saturated carbocycles. The van der Waals surface area contributed by atoms with E-state index in [2.05, 4.69) is 27.3 Å². The zero-order chi connectivity index (χ0) is 20.3. The molecular formula is C19H28N6O3. The van der Waals surface area contributed by atoms with Crippen molar-refractivity contribution in [3.05, 3.63) is 17.0 Å². The SMILES string of the molecule is Cc1nc2nc(N)nn2c(C)c1CCC(=O)OCC(=O)NC1CCC(C)CC1. The number of fused-ring (bicyclic) bond motifs is 1. The average Bonchev–Trinajstić information content (AvgIpc) is 3.02. The molecule has 1 amide bonds. The maximum atomic E-state index is 12.1. The molecule has 0 atom stereocenters. The quantitative estimate of drug-likeness (QED) is 0.718. The molecule has 3 N–H and O–H groups in total. The van der Waals surface area contributed by atoms with Crippen LogP contribution in [0.5, 0.6) is 0 Å². The van der Waals surface area contributed by atoms with Gasteiger partial charge in [-0.25, -0.2) is 4.98 Å². The van der Waals surface area contributed by atoms with Gasteiger partial charge in [0, 0.05) is 23.9 Å². The molecule has 2 heterocycles. The van der Waals surface area contributed by atoms with Gasteiger partial charge < -0.3 is 15.8 Å². The topological polar surface area (TPSA) is 124 Å². The van der Waals surface area contributed by atoms with Crippen LogP contribution in [0.25, 0.3) is 5.78 Å². The fourth-order valence-corrected chi connectivity index (χ4v) is 3.70. The Labute approximate surface area is 164 Å². The van der Waals surface area contributed by atoms with E-state index in [-0.39, 0.29) is 30.9 Å². The summed E-state index contributed by atoms with van der Waals surface area (Å²) in [6.07, 6.45) is 4.83. The van der Waals surface area contributed by atoms with Crippen LogP contribution in [0.2, 0.25) is 0 Å². The van der Waals surface area contributed by atoms with E-state index < -0.39 is 5.97 Å². The monoisotopic (exact) mass is 388 g/mol. The number of aryl methyl sites for hydroxylation is 2. The van der Waals surface area contributed by atoms with E-state index in [1.807, 2.05) is 13.8 Å². The molecule has 152 valence electrons. The molecule has 0 bridgehead atoms. The van der Waals surface area contributed by atoms with Gasteiger partial charge in [-0.1, -0.05) is 6.92 Å². The molecule has 0 aromatic carbocycles. The van der Waals surface area contributed by atoms with Crippen molar-refractivity contribution in [1.29, 1.82) is 0 Å². The smallest absolute Gasteiger partial charge is 0.306 e. The highest BCUT2D eigenvalue weighted by atomic mass is 16.5. The van der Waals surface area contributed by atoms with E-state index in [1.165, 1.54) is 0 Å². The number of rotatable bonds is 6. The summed E-state index contributed by atoms with van der Waals surface area (Å²) in [6.45, 7) is 5.74. The lowest BCUT2D eigenvalue weighted by molar-refractivity contribution is -0.148. The summed E-state index contributed by atoms with van der Waals surface area (Å²) >= 11 is 0. The number of nitrogens with one attached hydrogen (secondary N) is 1. The van der Waals surface area contributed by atoms with Crippen LogP contribution in [0.3, 0.4) is 0 Å². The van der Waals surface area contributed by atoms with E-state index in [1.54, 1.807) is 4.52 Å². The van der Waals surface area contributed by atoms with Gasteiger partial charge in [0.2, 0.25) is 5.95 Å². The molecule has 2 aromatic rings. The largest absolute Gasteiger partial charge is 0.456 e. The highest BCUT2D eigenvalue weighted by molar-refractivity contribution is 5.80. The third kappa shape index (κ3) is 4.76. The van der Waals surface area contributed by atoms with Crippen LogP contribution in [0.4, 0.5) is 5.95 Å². The maximum Gasteiger partial charge on any atom is 0.306 e. The Morgan fingerprint density at radius 2 is 1.93 bits per heavy atom. The average molecular weight is 388 g/mol. The van der Waals surface area contributed by atoms with E-state index >= 15 is 0 Å². The number of carbonyl (C=O) groups is 2. The molecule has 9 nitrogen and oxygen atoms in total. The summed E-state index contributed by atoms with van der Waals surface area (Å²) in [7, 11) is 0. The van der Waals surface area contributed by atoms with Crippen molar-refractivity contribution >= 4 is 23.6 Å². The van der Waals surface area contributed by atoms with E-state index in [4.69, 9.17) is 10.5 Å². The van der Waals surface area contributed by atoms with Crippen molar-refractivity contribution in [1.82, 2.24) is 24.9 Å². The zero-order valence-corrected chi connectivity index (χ0v) is 16.7. The summed E-state index contributed by atoms with van der Waals surface area (Å²) in [6, 6.07) is 0.195. The minimum atomic E-state index is -0.413. The van der Waals surface area contributed by atoms with Crippen LogP contribution >= 0.6 is 0 Å².